The monoisotopic (exact) mass is 351 g/mol. The van der Waals surface area contributed by atoms with E-state index in [1.165, 1.54) is 25.3 Å². The van der Waals surface area contributed by atoms with Crippen molar-refractivity contribution in [2.24, 2.45) is 0 Å². The van der Waals surface area contributed by atoms with E-state index in [9.17, 15) is 14.0 Å². The van der Waals surface area contributed by atoms with Gasteiger partial charge in [-0.1, -0.05) is 12.1 Å². The van der Waals surface area contributed by atoms with Gasteiger partial charge in [-0.2, -0.15) is 0 Å². The summed E-state index contributed by atoms with van der Waals surface area (Å²) in [6.45, 7) is 0. The number of methoxy groups -OCH3 is 1. The fourth-order valence-electron chi connectivity index (χ4n) is 1.71. The lowest BCUT2D eigenvalue weighted by Gasteiger charge is -2.09. The number of ether oxygens (including phenoxy) is 1. The van der Waals surface area contributed by atoms with Crippen LogP contribution in [0.2, 0.25) is 0 Å². The smallest absolute Gasteiger partial charge is 0.339 e. The molecule has 0 heterocycles. The Morgan fingerprint density at radius 3 is 2.57 bits per heavy atom. The van der Waals surface area contributed by atoms with Gasteiger partial charge in [0.15, 0.2) is 0 Å². The number of rotatable bonds is 3. The predicted molar refractivity (Wildman–Crippen MR) is 79.8 cm³/mol. The van der Waals surface area contributed by atoms with Gasteiger partial charge in [-0.3, -0.25) is 4.79 Å². The molecule has 0 aliphatic carbocycles. The highest BCUT2D eigenvalue weighted by Gasteiger charge is 2.15. The molecule has 0 saturated heterocycles. The van der Waals surface area contributed by atoms with Gasteiger partial charge in [0.05, 0.1) is 22.8 Å². The van der Waals surface area contributed by atoms with Crippen LogP contribution in [0.25, 0.3) is 0 Å². The van der Waals surface area contributed by atoms with Crippen molar-refractivity contribution >= 4 is 33.5 Å². The summed E-state index contributed by atoms with van der Waals surface area (Å²) >= 11 is 3.02. The number of hydrogen-bond donors (Lipinski definition) is 1. The molecule has 2 aromatic carbocycles. The van der Waals surface area contributed by atoms with Gasteiger partial charge < -0.3 is 10.1 Å². The lowest BCUT2D eigenvalue weighted by Crippen LogP contribution is -2.15. The second-order valence-corrected chi connectivity index (χ2v) is 4.97. The first kappa shape index (κ1) is 15.2. The zero-order chi connectivity index (χ0) is 15.4. The zero-order valence-corrected chi connectivity index (χ0v) is 12.6. The SMILES string of the molecule is COC(=O)c1ccccc1NC(=O)c1ccc(Br)c(F)c1. The minimum absolute atomic E-state index is 0.148. The van der Waals surface area contributed by atoms with Crippen LogP contribution in [-0.2, 0) is 4.74 Å². The van der Waals surface area contributed by atoms with E-state index in [1.807, 2.05) is 0 Å². The molecule has 1 N–H and O–H groups in total. The molecule has 108 valence electrons. The van der Waals surface area contributed by atoms with Crippen LogP contribution in [0.4, 0.5) is 10.1 Å². The largest absolute Gasteiger partial charge is 0.465 e. The Bertz CT molecular complexity index is 703. The summed E-state index contributed by atoms with van der Waals surface area (Å²) < 4.78 is 18.4. The van der Waals surface area contributed by atoms with E-state index < -0.39 is 17.7 Å². The molecular weight excluding hydrogens is 341 g/mol. The third-order valence-electron chi connectivity index (χ3n) is 2.76. The van der Waals surface area contributed by atoms with Crippen LogP contribution >= 0.6 is 15.9 Å². The van der Waals surface area contributed by atoms with Crippen LogP contribution in [-0.4, -0.2) is 19.0 Å². The van der Waals surface area contributed by atoms with Gasteiger partial charge in [0.2, 0.25) is 0 Å². The van der Waals surface area contributed by atoms with Gasteiger partial charge in [-0.25, -0.2) is 9.18 Å². The fourth-order valence-corrected chi connectivity index (χ4v) is 1.96. The summed E-state index contributed by atoms with van der Waals surface area (Å²) in [6.07, 6.45) is 0. The summed E-state index contributed by atoms with van der Waals surface area (Å²) in [5, 5.41) is 2.57. The Balaban J connectivity index is 2.27. The molecule has 0 unspecified atom stereocenters. The first-order valence-corrected chi connectivity index (χ1v) is 6.76. The van der Waals surface area contributed by atoms with Crippen molar-refractivity contribution in [2.75, 3.05) is 12.4 Å². The second kappa shape index (κ2) is 6.49. The van der Waals surface area contributed by atoms with Crippen molar-refractivity contribution in [3.05, 3.63) is 63.9 Å². The number of anilines is 1. The van der Waals surface area contributed by atoms with E-state index in [1.54, 1.807) is 18.2 Å². The number of halogens is 2. The van der Waals surface area contributed by atoms with E-state index >= 15 is 0 Å². The van der Waals surface area contributed by atoms with E-state index in [2.05, 4.69) is 26.0 Å². The number of hydrogen-bond acceptors (Lipinski definition) is 3. The molecule has 2 aromatic rings. The van der Waals surface area contributed by atoms with Crippen molar-refractivity contribution in [2.45, 2.75) is 0 Å². The first-order chi connectivity index (χ1) is 10.0. The Morgan fingerprint density at radius 2 is 1.90 bits per heavy atom. The zero-order valence-electron chi connectivity index (χ0n) is 11.0. The predicted octanol–water partition coefficient (Wildman–Crippen LogP) is 3.63. The van der Waals surface area contributed by atoms with E-state index in [4.69, 9.17) is 0 Å². The van der Waals surface area contributed by atoms with Crippen LogP contribution in [0, 0.1) is 5.82 Å². The third kappa shape index (κ3) is 3.46. The van der Waals surface area contributed by atoms with E-state index in [0.29, 0.717) is 5.69 Å². The average Bonchev–Trinajstić information content (AvgIpc) is 2.49. The molecule has 0 aromatic heterocycles. The van der Waals surface area contributed by atoms with Crippen LogP contribution in [0.3, 0.4) is 0 Å². The number of para-hydroxylation sites is 1. The molecule has 0 saturated carbocycles. The lowest BCUT2D eigenvalue weighted by molar-refractivity contribution is 0.0602. The number of carbonyl (C=O) groups excluding carboxylic acids is 2. The van der Waals surface area contributed by atoms with Gasteiger partial charge >= 0.3 is 5.97 Å². The molecule has 0 aliphatic rings. The molecule has 6 heteroatoms. The Hall–Kier alpha value is -2.21. The highest BCUT2D eigenvalue weighted by Crippen LogP contribution is 2.19. The minimum atomic E-state index is -0.562. The van der Waals surface area contributed by atoms with Crippen molar-refractivity contribution in [1.29, 1.82) is 0 Å². The Labute approximate surface area is 129 Å². The number of benzene rings is 2. The number of amides is 1. The maximum Gasteiger partial charge on any atom is 0.339 e. The molecule has 0 radical (unpaired) electrons. The fraction of sp³-hybridized carbons (Fsp3) is 0.0667. The number of esters is 1. The summed E-state index contributed by atoms with van der Waals surface area (Å²) in [6, 6.07) is 10.5. The summed E-state index contributed by atoms with van der Waals surface area (Å²) in [4.78, 5) is 23.7. The van der Waals surface area contributed by atoms with Crippen molar-refractivity contribution in [1.82, 2.24) is 0 Å². The van der Waals surface area contributed by atoms with Crippen LogP contribution in [0.5, 0.6) is 0 Å². The molecular formula is C15H11BrFNO3. The van der Waals surface area contributed by atoms with Gasteiger partial charge in [-0.05, 0) is 46.3 Å². The molecule has 0 fully saturated rings. The number of nitrogens with one attached hydrogen (secondary N) is 1. The molecule has 0 spiro atoms. The molecule has 4 nitrogen and oxygen atoms in total. The topological polar surface area (TPSA) is 55.4 Å². The van der Waals surface area contributed by atoms with Gasteiger partial charge in [0.25, 0.3) is 5.91 Å². The van der Waals surface area contributed by atoms with Crippen LogP contribution < -0.4 is 5.32 Å². The van der Waals surface area contributed by atoms with Gasteiger partial charge in [0.1, 0.15) is 5.82 Å². The van der Waals surface area contributed by atoms with Gasteiger partial charge in [-0.15, -0.1) is 0 Å². The van der Waals surface area contributed by atoms with Crippen LogP contribution in [0.1, 0.15) is 20.7 Å². The lowest BCUT2D eigenvalue weighted by atomic mass is 10.1. The first-order valence-electron chi connectivity index (χ1n) is 5.96. The Morgan fingerprint density at radius 1 is 1.19 bits per heavy atom. The van der Waals surface area contributed by atoms with E-state index in [0.717, 1.165) is 6.07 Å². The standard InChI is InChI=1S/C15H11BrFNO3/c1-21-15(20)10-4-2-3-5-13(10)18-14(19)9-6-7-11(16)12(17)8-9/h2-8H,1H3,(H,18,19). The van der Waals surface area contributed by atoms with Crippen molar-refractivity contribution in [3.63, 3.8) is 0 Å². The minimum Gasteiger partial charge on any atom is -0.465 e. The summed E-state index contributed by atoms with van der Waals surface area (Å²) in [5.41, 5.74) is 0.680. The molecule has 0 bridgehead atoms. The maximum absolute atomic E-state index is 13.4. The van der Waals surface area contributed by atoms with Crippen molar-refractivity contribution in [3.8, 4) is 0 Å². The maximum atomic E-state index is 13.4. The van der Waals surface area contributed by atoms with Crippen molar-refractivity contribution < 1.29 is 18.7 Å². The molecule has 2 rings (SSSR count). The normalized spacial score (nSPS) is 10.0. The van der Waals surface area contributed by atoms with Gasteiger partial charge in [0, 0.05) is 5.56 Å². The number of carbonyl (C=O) groups is 2. The molecule has 1 amide bonds. The Kier molecular flexibility index (Phi) is 4.70. The average molecular weight is 352 g/mol. The summed E-state index contributed by atoms with van der Waals surface area (Å²) in [5.74, 6) is -1.62. The van der Waals surface area contributed by atoms with E-state index in [-0.39, 0.29) is 15.6 Å². The highest BCUT2D eigenvalue weighted by molar-refractivity contribution is 9.10. The third-order valence-corrected chi connectivity index (χ3v) is 3.41. The molecule has 0 aliphatic heterocycles. The molecule has 0 atom stereocenters. The second-order valence-electron chi connectivity index (χ2n) is 4.12. The molecule has 21 heavy (non-hydrogen) atoms. The van der Waals surface area contributed by atoms with Crippen LogP contribution in [0.15, 0.2) is 46.9 Å². The quantitative estimate of drug-likeness (QED) is 0.859. The highest BCUT2D eigenvalue weighted by atomic mass is 79.9. The summed E-state index contributed by atoms with van der Waals surface area (Å²) in [7, 11) is 1.25.